The van der Waals surface area contributed by atoms with Gasteiger partial charge in [-0.15, -0.1) is 11.6 Å². The van der Waals surface area contributed by atoms with E-state index in [9.17, 15) is 4.79 Å². The van der Waals surface area contributed by atoms with Crippen LogP contribution in [0.25, 0.3) is 0 Å². The Morgan fingerprint density at radius 2 is 2.25 bits per heavy atom. The van der Waals surface area contributed by atoms with Gasteiger partial charge >= 0.3 is 0 Å². The number of benzene rings is 1. The highest BCUT2D eigenvalue weighted by Crippen LogP contribution is 2.24. The molecule has 1 N–H and O–H groups in total. The van der Waals surface area contributed by atoms with Crippen molar-refractivity contribution in [2.45, 2.75) is 26.2 Å². The second kappa shape index (κ2) is 6.92. The Balaban J connectivity index is 2.63. The number of nitrogens with one attached hydrogen (secondary N) is 1. The van der Waals surface area contributed by atoms with Crippen molar-refractivity contribution in [1.29, 1.82) is 0 Å². The van der Waals surface area contributed by atoms with E-state index in [1.807, 2.05) is 18.2 Å². The number of amides is 1. The molecule has 1 rings (SSSR count). The molecule has 0 unspecified atom stereocenters. The van der Waals surface area contributed by atoms with Crippen LogP contribution in [0.5, 0.6) is 0 Å². The van der Waals surface area contributed by atoms with Gasteiger partial charge in [-0.3, -0.25) is 4.79 Å². The summed E-state index contributed by atoms with van der Waals surface area (Å²) in [5.74, 6) is 0.522. The first-order valence-corrected chi connectivity index (χ1v) is 6.64. The molecule has 4 heteroatoms. The molecule has 1 amide bonds. The van der Waals surface area contributed by atoms with E-state index in [1.165, 1.54) is 5.56 Å². The van der Waals surface area contributed by atoms with E-state index in [4.69, 9.17) is 11.6 Å². The highest BCUT2D eigenvalue weighted by molar-refractivity contribution is 9.10. The second-order valence-corrected chi connectivity index (χ2v) is 4.74. The van der Waals surface area contributed by atoms with Gasteiger partial charge in [0, 0.05) is 16.8 Å². The molecule has 0 aromatic heterocycles. The van der Waals surface area contributed by atoms with Gasteiger partial charge in [-0.25, -0.2) is 0 Å². The highest BCUT2D eigenvalue weighted by atomic mass is 79.9. The SMILES string of the molecule is CCc1ccc(NC(=O)CCCCl)c(Br)c1. The summed E-state index contributed by atoms with van der Waals surface area (Å²) in [6.45, 7) is 2.10. The largest absolute Gasteiger partial charge is 0.325 e. The summed E-state index contributed by atoms with van der Waals surface area (Å²) in [4.78, 5) is 11.5. The average Bonchev–Trinajstić information content (AvgIpc) is 2.29. The molecule has 16 heavy (non-hydrogen) atoms. The molecule has 1 aromatic rings. The van der Waals surface area contributed by atoms with Crippen LogP contribution < -0.4 is 5.32 Å². The lowest BCUT2D eigenvalue weighted by molar-refractivity contribution is -0.116. The standard InChI is InChI=1S/C12H15BrClNO/c1-2-9-5-6-11(10(13)8-9)15-12(16)4-3-7-14/h5-6,8H,2-4,7H2,1H3,(H,15,16). The number of alkyl halides is 1. The maximum absolute atomic E-state index is 11.5. The van der Waals surface area contributed by atoms with Crippen LogP contribution in [0.4, 0.5) is 5.69 Å². The Morgan fingerprint density at radius 3 is 2.81 bits per heavy atom. The number of hydrogen-bond donors (Lipinski definition) is 1. The lowest BCUT2D eigenvalue weighted by Gasteiger charge is -2.08. The Morgan fingerprint density at radius 1 is 1.50 bits per heavy atom. The van der Waals surface area contributed by atoms with Gasteiger partial charge in [0.15, 0.2) is 0 Å². The van der Waals surface area contributed by atoms with Crippen molar-refractivity contribution in [1.82, 2.24) is 0 Å². The summed E-state index contributed by atoms with van der Waals surface area (Å²) in [5, 5.41) is 2.85. The minimum Gasteiger partial charge on any atom is -0.325 e. The Labute approximate surface area is 110 Å². The first-order valence-electron chi connectivity index (χ1n) is 5.31. The summed E-state index contributed by atoms with van der Waals surface area (Å²) >= 11 is 8.97. The van der Waals surface area contributed by atoms with Gasteiger partial charge in [0.1, 0.15) is 0 Å². The molecule has 0 saturated carbocycles. The lowest BCUT2D eigenvalue weighted by atomic mass is 10.1. The van der Waals surface area contributed by atoms with Crippen molar-refractivity contribution in [2.75, 3.05) is 11.2 Å². The molecule has 0 heterocycles. The average molecular weight is 305 g/mol. The molecule has 1 aromatic carbocycles. The van der Waals surface area contributed by atoms with Gasteiger partial charge in [0.2, 0.25) is 5.91 Å². The predicted molar refractivity (Wildman–Crippen MR) is 72.1 cm³/mol. The van der Waals surface area contributed by atoms with Gasteiger partial charge < -0.3 is 5.32 Å². The van der Waals surface area contributed by atoms with Gasteiger partial charge in [-0.2, -0.15) is 0 Å². The molecule has 0 aliphatic rings. The Hall–Kier alpha value is -0.540. The predicted octanol–water partition coefficient (Wildman–Crippen LogP) is 3.97. The molecule has 0 bridgehead atoms. The fourth-order valence-corrected chi connectivity index (χ4v) is 1.98. The normalized spacial score (nSPS) is 10.2. The first kappa shape index (κ1) is 13.5. The molecule has 0 atom stereocenters. The zero-order valence-corrected chi connectivity index (χ0v) is 11.6. The van der Waals surface area contributed by atoms with Gasteiger partial charge in [-0.05, 0) is 46.5 Å². The van der Waals surface area contributed by atoms with Crippen LogP contribution in [0.1, 0.15) is 25.3 Å². The third-order valence-corrected chi connectivity index (χ3v) is 3.18. The fraction of sp³-hybridized carbons (Fsp3) is 0.417. The van der Waals surface area contributed by atoms with Crippen LogP contribution in [0.2, 0.25) is 0 Å². The molecular formula is C12H15BrClNO. The van der Waals surface area contributed by atoms with Crippen molar-refractivity contribution in [3.63, 3.8) is 0 Å². The minimum atomic E-state index is 0.00518. The van der Waals surface area contributed by atoms with Crippen LogP contribution in [0.15, 0.2) is 22.7 Å². The molecule has 2 nitrogen and oxygen atoms in total. The quantitative estimate of drug-likeness (QED) is 0.819. The maximum Gasteiger partial charge on any atom is 0.224 e. The third-order valence-electron chi connectivity index (χ3n) is 2.25. The van der Waals surface area contributed by atoms with Crippen LogP contribution in [0, 0.1) is 0 Å². The van der Waals surface area contributed by atoms with Crippen LogP contribution in [-0.4, -0.2) is 11.8 Å². The Bertz CT molecular complexity index is 368. The van der Waals surface area contributed by atoms with Gasteiger partial charge in [-0.1, -0.05) is 13.0 Å². The third kappa shape index (κ3) is 4.14. The number of carbonyl (C=O) groups is 1. The van der Waals surface area contributed by atoms with Gasteiger partial charge in [0.25, 0.3) is 0 Å². The number of halogens is 2. The van der Waals surface area contributed by atoms with E-state index in [1.54, 1.807) is 0 Å². The zero-order chi connectivity index (χ0) is 12.0. The first-order chi connectivity index (χ1) is 7.67. The van der Waals surface area contributed by atoms with Crippen molar-refractivity contribution in [2.24, 2.45) is 0 Å². The molecular weight excluding hydrogens is 289 g/mol. The number of carbonyl (C=O) groups excluding carboxylic acids is 1. The minimum absolute atomic E-state index is 0.00518. The molecule has 88 valence electrons. The molecule has 0 aliphatic carbocycles. The Kier molecular flexibility index (Phi) is 5.85. The van der Waals surface area contributed by atoms with Gasteiger partial charge in [0.05, 0.1) is 5.69 Å². The molecule has 0 spiro atoms. The number of aryl methyl sites for hydroxylation is 1. The van der Waals surface area contributed by atoms with Crippen molar-refractivity contribution < 1.29 is 4.79 Å². The topological polar surface area (TPSA) is 29.1 Å². The van der Waals surface area contributed by atoms with Crippen LogP contribution >= 0.6 is 27.5 Å². The van der Waals surface area contributed by atoms with E-state index >= 15 is 0 Å². The maximum atomic E-state index is 11.5. The van der Waals surface area contributed by atoms with Crippen LogP contribution in [0.3, 0.4) is 0 Å². The van der Waals surface area contributed by atoms with Crippen molar-refractivity contribution in [3.05, 3.63) is 28.2 Å². The number of rotatable bonds is 5. The van der Waals surface area contributed by atoms with E-state index in [0.717, 1.165) is 16.6 Å². The molecule has 0 aliphatic heterocycles. The number of hydrogen-bond acceptors (Lipinski definition) is 1. The smallest absolute Gasteiger partial charge is 0.224 e. The van der Waals surface area contributed by atoms with Crippen molar-refractivity contribution in [3.8, 4) is 0 Å². The van der Waals surface area contributed by atoms with E-state index in [2.05, 4.69) is 28.2 Å². The summed E-state index contributed by atoms with van der Waals surface area (Å²) in [6.07, 6.45) is 2.16. The zero-order valence-electron chi connectivity index (χ0n) is 9.22. The second-order valence-electron chi connectivity index (χ2n) is 3.51. The summed E-state index contributed by atoms with van der Waals surface area (Å²) in [5.41, 5.74) is 2.06. The summed E-state index contributed by atoms with van der Waals surface area (Å²) in [7, 11) is 0. The molecule has 0 radical (unpaired) electrons. The van der Waals surface area contributed by atoms with E-state index in [-0.39, 0.29) is 5.91 Å². The monoisotopic (exact) mass is 303 g/mol. The molecule has 0 fully saturated rings. The number of anilines is 1. The lowest BCUT2D eigenvalue weighted by Crippen LogP contribution is -2.11. The van der Waals surface area contributed by atoms with E-state index < -0.39 is 0 Å². The van der Waals surface area contributed by atoms with Crippen molar-refractivity contribution >= 4 is 39.1 Å². The van der Waals surface area contributed by atoms with E-state index in [0.29, 0.717) is 18.7 Å². The highest BCUT2D eigenvalue weighted by Gasteiger charge is 2.05. The fourth-order valence-electron chi connectivity index (χ4n) is 1.32. The van der Waals surface area contributed by atoms with Crippen LogP contribution in [-0.2, 0) is 11.2 Å². The summed E-state index contributed by atoms with van der Waals surface area (Å²) < 4.78 is 0.922. The summed E-state index contributed by atoms with van der Waals surface area (Å²) in [6, 6.07) is 5.96. The molecule has 0 saturated heterocycles.